The Bertz CT molecular complexity index is 377. The van der Waals surface area contributed by atoms with Crippen molar-refractivity contribution in [1.29, 1.82) is 0 Å². The highest BCUT2D eigenvalue weighted by Gasteiger charge is 2.14. The number of hydrogen-bond donors (Lipinski definition) is 1. The predicted octanol–water partition coefficient (Wildman–Crippen LogP) is 3.07. The summed E-state index contributed by atoms with van der Waals surface area (Å²) in [6.07, 6.45) is 8.31. The fourth-order valence-corrected chi connectivity index (χ4v) is 2.55. The van der Waals surface area contributed by atoms with Crippen LogP contribution in [-0.4, -0.2) is 22.3 Å². The number of aromatic nitrogens is 2. The van der Waals surface area contributed by atoms with Crippen molar-refractivity contribution in [3.8, 4) is 0 Å². The molecular weight excluding hydrogens is 220 g/mol. The van der Waals surface area contributed by atoms with Gasteiger partial charge in [-0.05, 0) is 44.3 Å². The van der Waals surface area contributed by atoms with E-state index in [9.17, 15) is 0 Å². The van der Waals surface area contributed by atoms with Gasteiger partial charge in [-0.1, -0.05) is 6.92 Å². The number of aryl methyl sites for hydroxylation is 1. The topological polar surface area (TPSA) is 29.9 Å². The molecule has 0 radical (unpaired) electrons. The third kappa shape index (κ3) is 2.74. The zero-order valence-electron chi connectivity index (χ0n) is 9.87. The molecule has 0 spiro atoms. The van der Waals surface area contributed by atoms with Gasteiger partial charge < -0.3 is 14.3 Å². The minimum Gasteiger partial charge on any atom is -0.378 e. The Morgan fingerprint density at radius 3 is 3.12 bits per heavy atom. The maximum absolute atomic E-state index is 5.73. The Balaban J connectivity index is 1.93. The summed E-state index contributed by atoms with van der Waals surface area (Å²) >= 11 is 5.27. The van der Waals surface area contributed by atoms with Crippen molar-refractivity contribution in [2.75, 3.05) is 6.61 Å². The lowest BCUT2D eigenvalue weighted by molar-refractivity contribution is 0.00865. The second kappa shape index (κ2) is 5.64. The number of aromatic amines is 1. The molecule has 2 heterocycles. The van der Waals surface area contributed by atoms with Gasteiger partial charge in [-0.2, -0.15) is 0 Å². The second-order valence-electron chi connectivity index (χ2n) is 4.37. The molecule has 1 N–H and O–H groups in total. The predicted molar refractivity (Wildman–Crippen MR) is 67.2 cm³/mol. The quantitative estimate of drug-likeness (QED) is 0.820. The van der Waals surface area contributed by atoms with E-state index in [2.05, 4.69) is 16.5 Å². The number of nitrogens with one attached hydrogen (secondary N) is 1. The van der Waals surface area contributed by atoms with Crippen LogP contribution in [0.1, 0.15) is 38.3 Å². The highest BCUT2D eigenvalue weighted by molar-refractivity contribution is 7.71. The molecule has 1 aromatic rings. The number of hydrogen-bond acceptors (Lipinski definition) is 2. The van der Waals surface area contributed by atoms with Crippen LogP contribution in [0.4, 0.5) is 0 Å². The maximum Gasteiger partial charge on any atom is 0.177 e. The van der Waals surface area contributed by atoms with Gasteiger partial charge in [-0.25, -0.2) is 0 Å². The summed E-state index contributed by atoms with van der Waals surface area (Å²) in [4.78, 5) is 3.11. The molecule has 0 aliphatic carbocycles. The largest absolute Gasteiger partial charge is 0.378 e. The van der Waals surface area contributed by atoms with E-state index in [1.807, 2.05) is 6.20 Å². The van der Waals surface area contributed by atoms with Crippen LogP contribution in [0.25, 0.3) is 0 Å². The summed E-state index contributed by atoms with van der Waals surface area (Å²) in [5, 5.41) is 0. The molecule has 0 aromatic carbocycles. The molecule has 1 unspecified atom stereocenters. The van der Waals surface area contributed by atoms with Crippen LogP contribution >= 0.6 is 12.2 Å². The summed E-state index contributed by atoms with van der Waals surface area (Å²) in [6.45, 7) is 4.07. The molecule has 90 valence electrons. The summed E-state index contributed by atoms with van der Waals surface area (Å²) in [6, 6.07) is 0. The van der Waals surface area contributed by atoms with Gasteiger partial charge in [0, 0.05) is 25.0 Å². The number of nitrogens with zero attached hydrogens (tertiary/aromatic N) is 1. The number of H-pyrrole nitrogens is 1. The molecule has 1 aromatic heterocycles. The Hall–Kier alpha value is -0.610. The average Bonchev–Trinajstić information content (AvgIpc) is 2.69. The Labute approximate surface area is 102 Å². The van der Waals surface area contributed by atoms with Gasteiger partial charge in [0.1, 0.15) is 0 Å². The summed E-state index contributed by atoms with van der Waals surface area (Å²) < 4.78 is 8.77. The molecule has 1 fully saturated rings. The monoisotopic (exact) mass is 240 g/mol. The van der Waals surface area contributed by atoms with Crippen LogP contribution in [0.5, 0.6) is 0 Å². The third-order valence-corrected chi connectivity index (χ3v) is 3.60. The zero-order valence-corrected chi connectivity index (χ0v) is 10.7. The molecular formula is C12H20N2OS. The van der Waals surface area contributed by atoms with E-state index >= 15 is 0 Å². The molecule has 1 atom stereocenters. The lowest BCUT2D eigenvalue weighted by Crippen LogP contribution is -2.21. The van der Waals surface area contributed by atoms with Gasteiger partial charge in [-0.15, -0.1) is 0 Å². The first-order valence-electron chi connectivity index (χ1n) is 6.20. The molecule has 0 amide bonds. The van der Waals surface area contributed by atoms with Crippen LogP contribution in [0.2, 0.25) is 0 Å². The summed E-state index contributed by atoms with van der Waals surface area (Å²) in [5.41, 5.74) is 1.29. The van der Waals surface area contributed by atoms with Crippen molar-refractivity contribution in [3.05, 3.63) is 16.7 Å². The summed E-state index contributed by atoms with van der Waals surface area (Å²) in [7, 11) is 0. The first kappa shape index (κ1) is 11.9. The van der Waals surface area contributed by atoms with Gasteiger partial charge in [0.2, 0.25) is 0 Å². The molecule has 16 heavy (non-hydrogen) atoms. The van der Waals surface area contributed by atoms with Gasteiger partial charge in [0.15, 0.2) is 4.77 Å². The van der Waals surface area contributed by atoms with Crippen molar-refractivity contribution < 1.29 is 4.74 Å². The molecule has 2 rings (SSSR count). The fraction of sp³-hybridized carbons (Fsp3) is 0.750. The Kier molecular flexibility index (Phi) is 4.18. The second-order valence-corrected chi connectivity index (χ2v) is 4.75. The van der Waals surface area contributed by atoms with Crippen molar-refractivity contribution in [3.63, 3.8) is 0 Å². The molecule has 0 bridgehead atoms. The molecule has 1 saturated heterocycles. The summed E-state index contributed by atoms with van der Waals surface area (Å²) in [5.74, 6) is 0. The number of imidazole rings is 1. The van der Waals surface area contributed by atoms with E-state index in [-0.39, 0.29) is 0 Å². The molecule has 3 nitrogen and oxygen atoms in total. The van der Waals surface area contributed by atoms with Gasteiger partial charge in [0.25, 0.3) is 0 Å². The van der Waals surface area contributed by atoms with Crippen molar-refractivity contribution in [2.45, 2.75) is 51.7 Å². The average molecular weight is 240 g/mol. The van der Waals surface area contributed by atoms with E-state index in [0.717, 1.165) is 30.8 Å². The van der Waals surface area contributed by atoms with Crippen LogP contribution < -0.4 is 0 Å². The minimum absolute atomic E-state index is 0.440. The van der Waals surface area contributed by atoms with E-state index < -0.39 is 0 Å². The molecule has 0 saturated carbocycles. The standard InChI is InChI=1S/C12H20N2OS/c1-2-10-9-13-12(16)14(10)7-6-11-5-3-4-8-15-11/h9,11H,2-8H2,1H3,(H,13,16). The SMILES string of the molecule is CCc1c[nH]c(=S)n1CCC1CCCCO1. The fourth-order valence-electron chi connectivity index (χ4n) is 2.28. The maximum atomic E-state index is 5.73. The molecule has 1 aliphatic rings. The van der Waals surface area contributed by atoms with Crippen molar-refractivity contribution in [1.82, 2.24) is 9.55 Å². The first-order chi connectivity index (χ1) is 7.81. The minimum atomic E-state index is 0.440. The molecule has 1 aliphatic heterocycles. The Morgan fingerprint density at radius 2 is 2.44 bits per heavy atom. The van der Waals surface area contributed by atoms with E-state index in [1.165, 1.54) is 25.0 Å². The van der Waals surface area contributed by atoms with Crippen LogP contribution in [-0.2, 0) is 17.7 Å². The van der Waals surface area contributed by atoms with Crippen LogP contribution in [0.3, 0.4) is 0 Å². The van der Waals surface area contributed by atoms with Gasteiger partial charge >= 0.3 is 0 Å². The van der Waals surface area contributed by atoms with Crippen LogP contribution in [0, 0.1) is 4.77 Å². The zero-order chi connectivity index (χ0) is 11.4. The number of ether oxygens (including phenoxy) is 1. The van der Waals surface area contributed by atoms with Gasteiger partial charge in [-0.3, -0.25) is 0 Å². The first-order valence-corrected chi connectivity index (χ1v) is 6.60. The van der Waals surface area contributed by atoms with Crippen molar-refractivity contribution >= 4 is 12.2 Å². The third-order valence-electron chi connectivity index (χ3n) is 3.27. The smallest absolute Gasteiger partial charge is 0.177 e. The number of rotatable bonds is 4. The normalized spacial score (nSPS) is 21.2. The van der Waals surface area contributed by atoms with Gasteiger partial charge in [0.05, 0.1) is 6.10 Å². The highest BCUT2D eigenvalue weighted by Crippen LogP contribution is 2.17. The molecule has 4 heteroatoms. The van der Waals surface area contributed by atoms with Crippen molar-refractivity contribution in [2.24, 2.45) is 0 Å². The highest BCUT2D eigenvalue weighted by atomic mass is 32.1. The lowest BCUT2D eigenvalue weighted by Gasteiger charge is -2.22. The van der Waals surface area contributed by atoms with Crippen LogP contribution in [0.15, 0.2) is 6.20 Å². The van der Waals surface area contributed by atoms with E-state index in [1.54, 1.807) is 0 Å². The van der Waals surface area contributed by atoms with E-state index in [0.29, 0.717) is 6.10 Å². The van der Waals surface area contributed by atoms with E-state index in [4.69, 9.17) is 17.0 Å². The lowest BCUT2D eigenvalue weighted by atomic mass is 10.1. The Morgan fingerprint density at radius 1 is 1.56 bits per heavy atom.